The Morgan fingerprint density at radius 1 is 1.44 bits per heavy atom. The van der Waals surface area contributed by atoms with Crippen LogP contribution >= 0.6 is 0 Å². The van der Waals surface area contributed by atoms with Crippen LogP contribution in [-0.4, -0.2) is 35.6 Å². The molecule has 1 saturated heterocycles. The molecule has 0 spiro atoms. The van der Waals surface area contributed by atoms with Crippen LogP contribution in [0.3, 0.4) is 0 Å². The van der Waals surface area contributed by atoms with E-state index in [0.717, 1.165) is 37.1 Å². The Bertz CT molecular complexity index is 442. The summed E-state index contributed by atoms with van der Waals surface area (Å²) < 4.78 is 0. The van der Waals surface area contributed by atoms with Gasteiger partial charge >= 0.3 is 0 Å². The van der Waals surface area contributed by atoms with Gasteiger partial charge in [0.05, 0.1) is 0 Å². The van der Waals surface area contributed by atoms with Crippen LogP contribution in [0.4, 0.5) is 0 Å². The van der Waals surface area contributed by atoms with Gasteiger partial charge in [0.1, 0.15) is 0 Å². The molecule has 1 N–H and O–H groups in total. The molecule has 1 aromatic rings. The number of benzene rings is 1. The third kappa shape index (κ3) is 2.72. The second-order valence-corrected chi connectivity index (χ2v) is 5.24. The van der Waals surface area contributed by atoms with Gasteiger partial charge in [-0.3, -0.25) is 4.79 Å². The van der Waals surface area contributed by atoms with Crippen LogP contribution in [0.1, 0.15) is 34.3 Å². The van der Waals surface area contributed by atoms with Crippen molar-refractivity contribution in [3.8, 4) is 0 Å². The highest BCUT2D eigenvalue weighted by Crippen LogP contribution is 2.22. The largest absolute Gasteiger partial charge is 0.396 e. The van der Waals surface area contributed by atoms with E-state index >= 15 is 0 Å². The van der Waals surface area contributed by atoms with Crippen LogP contribution < -0.4 is 0 Å². The van der Waals surface area contributed by atoms with E-state index in [4.69, 9.17) is 5.11 Å². The third-order valence-corrected chi connectivity index (χ3v) is 3.72. The SMILES string of the molecule is Cc1ccc(C(=O)N2CCC(CCO)C2)c(C)c1. The fraction of sp³-hybridized carbons (Fsp3) is 0.533. The number of rotatable bonds is 3. The minimum absolute atomic E-state index is 0.132. The molecule has 0 saturated carbocycles. The zero-order valence-corrected chi connectivity index (χ0v) is 11.1. The fourth-order valence-electron chi connectivity index (χ4n) is 2.66. The maximum Gasteiger partial charge on any atom is 0.254 e. The number of aliphatic hydroxyl groups is 1. The maximum absolute atomic E-state index is 12.4. The third-order valence-electron chi connectivity index (χ3n) is 3.72. The summed E-state index contributed by atoms with van der Waals surface area (Å²) in [5.74, 6) is 0.595. The molecule has 1 heterocycles. The molecule has 0 aromatic heterocycles. The Morgan fingerprint density at radius 2 is 2.22 bits per heavy atom. The molecule has 1 unspecified atom stereocenters. The summed E-state index contributed by atoms with van der Waals surface area (Å²) in [6.07, 6.45) is 1.81. The highest BCUT2D eigenvalue weighted by Gasteiger charge is 2.27. The van der Waals surface area contributed by atoms with Crippen LogP contribution in [0, 0.1) is 19.8 Å². The van der Waals surface area contributed by atoms with Crippen molar-refractivity contribution in [3.05, 3.63) is 34.9 Å². The van der Waals surface area contributed by atoms with Crippen LogP contribution in [0.25, 0.3) is 0 Å². The Labute approximate surface area is 108 Å². The van der Waals surface area contributed by atoms with Gasteiger partial charge in [0, 0.05) is 25.3 Å². The lowest BCUT2D eigenvalue weighted by atomic mass is 10.0. The molecule has 18 heavy (non-hydrogen) atoms. The average Bonchev–Trinajstić information content (AvgIpc) is 2.77. The van der Waals surface area contributed by atoms with Crippen LogP contribution in [0.2, 0.25) is 0 Å². The normalized spacial score (nSPS) is 19.3. The van der Waals surface area contributed by atoms with E-state index in [1.165, 1.54) is 5.56 Å². The molecule has 0 bridgehead atoms. The molecule has 0 aliphatic carbocycles. The molecule has 1 aromatic carbocycles. The standard InChI is InChI=1S/C15H21NO2/c1-11-3-4-14(12(2)9-11)15(18)16-7-5-13(10-16)6-8-17/h3-4,9,13,17H,5-8,10H2,1-2H3. The zero-order chi connectivity index (χ0) is 13.1. The van der Waals surface area contributed by atoms with Gasteiger partial charge in [-0.25, -0.2) is 0 Å². The van der Waals surface area contributed by atoms with Gasteiger partial charge in [0.25, 0.3) is 5.91 Å². The molecule has 98 valence electrons. The van der Waals surface area contributed by atoms with Gasteiger partial charge in [-0.15, -0.1) is 0 Å². The first kappa shape index (κ1) is 13.1. The molecular formula is C15H21NO2. The second kappa shape index (κ2) is 5.53. The molecule has 1 atom stereocenters. The molecule has 0 radical (unpaired) electrons. The molecule has 1 aliphatic heterocycles. The quantitative estimate of drug-likeness (QED) is 0.889. The highest BCUT2D eigenvalue weighted by molar-refractivity contribution is 5.95. The summed E-state index contributed by atoms with van der Waals surface area (Å²) in [7, 11) is 0. The smallest absolute Gasteiger partial charge is 0.254 e. The molecule has 3 nitrogen and oxygen atoms in total. The molecule has 1 fully saturated rings. The van der Waals surface area contributed by atoms with E-state index in [1.807, 2.05) is 30.9 Å². The van der Waals surface area contributed by atoms with Gasteiger partial charge in [-0.2, -0.15) is 0 Å². The predicted octanol–water partition coefficient (Wildman–Crippen LogP) is 2.15. The van der Waals surface area contributed by atoms with Gasteiger partial charge in [-0.05, 0) is 44.2 Å². The minimum atomic E-state index is 0.132. The van der Waals surface area contributed by atoms with Gasteiger partial charge < -0.3 is 10.0 Å². The summed E-state index contributed by atoms with van der Waals surface area (Å²) in [5, 5.41) is 8.94. The Balaban J connectivity index is 2.08. The van der Waals surface area contributed by atoms with E-state index in [-0.39, 0.29) is 12.5 Å². The lowest BCUT2D eigenvalue weighted by molar-refractivity contribution is 0.0784. The van der Waals surface area contributed by atoms with Crippen molar-refractivity contribution in [2.45, 2.75) is 26.7 Å². The van der Waals surface area contributed by atoms with E-state index in [1.54, 1.807) is 0 Å². The second-order valence-electron chi connectivity index (χ2n) is 5.24. The maximum atomic E-state index is 12.4. The Kier molecular flexibility index (Phi) is 4.02. The summed E-state index contributed by atoms with van der Waals surface area (Å²) in [6.45, 7) is 5.84. The van der Waals surface area contributed by atoms with Crippen molar-refractivity contribution in [1.29, 1.82) is 0 Å². The fourth-order valence-corrected chi connectivity index (χ4v) is 2.66. The van der Waals surface area contributed by atoms with Gasteiger partial charge in [0.15, 0.2) is 0 Å². The first-order valence-electron chi connectivity index (χ1n) is 6.59. The van der Waals surface area contributed by atoms with Crippen molar-refractivity contribution in [2.24, 2.45) is 5.92 Å². The lowest BCUT2D eigenvalue weighted by Crippen LogP contribution is -2.29. The molecule has 3 heteroatoms. The predicted molar refractivity (Wildman–Crippen MR) is 71.6 cm³/mol. The molecular weight excluding hydrogens is 226 g/mol. The zero-order valence-electron chi connectivity index (χ0n) is 11.1. The van der Waals surface area contributed by atoms with E-state index in [0.29, 0.717) is 5.92 Å². The number of amides is 1. The van der Waals surface area contributed by atoms with E-state index in [9.17, 15) is 4.79 Å². The summed E-state index contributed by atoms with van der Waals surface area (Å²) in [6, 6.07) is 5.96. The first-order chi connectivity index (χ1) is 8.61. The number of likely N-dealkylation sites (tertiary alicyclic amines) is 1. The Morgan fingerprint density at radius 3 is 2.89 bits per heavy atom. The van der Waals surface area contributed by atoms with Crippen LogP contribution in [-0.2, 0) is 0 Å². The van der Waals surface area contributed by atoms with Gasteiger partial charge in [-0.1, -0.05) is 17.7 Å². The van der Waals surface area contributed by atoms with E-state index < -0.39 is 0 Å². The van der Waals surface area contributed by atoms with Crippen LogP contribution in [0.15, 0.2) is 18.2 Å². The van der Waals surface area contributed by atoms with Crippen LogP contribution in [0.5, 0.6) is 0 Å². The number of aliphatic hydroxyl groups excluding tert-OH is 1. The van der Waals surface area contributed by atoms with Crippen molar-refractivity contribution >= 4 is 5.91 Å². The van der Waals surface area contributed by atoms with Crippen molar-refractivity contribution in [1.82, 2.24) is 4.90 Å². The molecule has 1 amide bonds. The average molecular weight is 247 g/mol. The number of hydrogen-bond donors (Lipinski definition) is 1. The number of carbonyl (C=O) groups excluding carboxylic acids is 1. The molecule has 2 rings (SSSR count). The number of hydrogen-bond acceptors (Lipinski definition) is 2. The van der Waals surface area contributed by atoms with Crippen molar-refractivity contribution in [2.75, 3.05) is 19.7 Å². The number of nitrogens with zero attached hydrogens (tertiary/aromatic N) is 1. The van der Waals surface area contributed by atoms with E-state index in [2.05, 4.69) is 6.07 Å². The molecule has 1 aliphatic rings. The Hall–Kier alpha value is -1.35. The topological polar surface area (TPSA) is 40.5 Å². The highest BCUT2D eigenvalue weighted by atomic mass is 16.3. The van der Waals surface area contributed by atoms with Crippen molar-refractivity contribution in [3.63, 3.8) is 0 Å². The number of carbonyl (C=O) groups is 1. The minimum Gasteiger partial charge on any atom is -0.396 e. The van der Waals surface area contributed by atoms with Crippen molar-refractivity contribution < 1.29 is 9.90 Å². The summed E-state index contributed by atoms with van der Waals surface area (Å²) in [4.78, 5) is 14.3. The first-order valence-corrected chi connectivity index (χ1v) is 6.59. The monoisotopic (exact) mass is 247 g/mol. The van der Waals surface area contributed by atoms with Gasteiger partial charge in [0.2, 0.25) is 0 Å². The lowest BCUT2D eigenvalue weighted by Gasteiger charge is -2.18. The summed E-state index contributed by atoms with van der Waals surface area (Å²) in [5.41, 5.74) is 3.04. The number of aryl methyl sites for hydroxylation is 2. The summed E-state index contributed by atoms with van der Waals surface area (Å²) >= 11 is 0.